The lowest BCUT2D eigenvalue weighted by Crippen LogP contribution is -2.44. The van der Waals surface area contributed by atoms with Crippen molar-refractivity contribution >= 4 is 21.8 Å². The molecule has 0 amide bonds. The van der Waals surface area contributed by atoms with Gasteiger partial charge in [0.15, 0.2) is 0 Å². The molecule has 0 spiro atoms. The summed E-state index contributed by atoms with van der Waals surface area (Å²) in [5, 5.41) is 0.198. The molecule has 6 nitrogen and oxygen atoms in total. The van der Waals surface area contributed by atoms with Crippen molar-refractivity contribution in [2.24, 2.45) is 0 Å². The van der Waals surface area contributed by atoms with E-state index in [0.717, 1.165) is 36.0 Å². The first-order chi connectivity index (χ1) is 13.4. The second kappa shape index (κ2) is 9.37. The van der Waals surface area contributed by atoms with Crippen molar-refractivity contribution in [3.63, 3.8) is 0 Å². The Labute approximate surface area is 170 Å². The quantitative estimate of drug-likeness (QED) is 0.696. The van der Waals surface area contributed by atoms with Crippen molar-refractivity contribution in [3.8, 4) is 0 Å². The normalized spacial score (nSPS) is 17.1. The van der Waals surface area contributed by atoms with E-state index in [4.69, 9.17) is 16.0 Å². The minimum absolute atomic E-state index is 0.149. The van der Waals surface area contributed by atoms with Crippen molar-refractivity contribution in [2.45, 2.75) is 31.8 Å². The highest BCUT2D eigenvalue weighted by atomic mass is 35.5. The first-order valence-electron chi connectivity index (χ1n) is 9.30. The van der Waals surface area contributed by atoms with Gasteiger partial charge in [-0.2, -0.15) is 12.7 Å². The van der Waals surface area contributed by atoms with Crippen LogP contribution in [-0.4, -0.2) is 44.3 Å². The second-order valence-corrected chi connectivity index (χ2v) is 9.21. The molecule has 1 aromatic heterocycles. The molecule has 3 rings (SSSR count). The average Bonchev–Trinajstić information content (AvgIpc) is 3.20. The van der Waals surface area contributed by atoms with Crippen LogP contribution in [0.5, 0.6) is 0 Å². The van der Waals surface area contributed by atoms with E-state index in [1.54, 1.807) is 12.3 Å². The van der Waals surface area contributed by atoms with E-state index in [-0.39, 0.29) is 29.7 Å². The summed E-state index contributed by atoms with van der Waals surface area (Å²) in [4.78, 5) is 2.23. The van der Waals surface area contributed by atoms with Crippen LogP contribution in [0.3, 0.4) is 0 Å². The van der Waals surface area contributed by atoms with Crippen LogP contribution >= 0.6 is 11.6 Å². The molecule has 0 saturated carbocycles. The maximum Gasteiger partial charge on any atom is 0.279 e. The summed E-state index contributed by atoms with van der Waals surface area (Å²) in [6.45, 7) is 1.81. The molecule has 1 fully saturated rings. The third-order valence-corrected chi connectivity index (χ3v) is 6.85. The van der Waals surface area contributed by atoms with E-state index in [2.05, 4.69) is 9.62 Å². The molecule has 1 aromatic carbocycles. The van der Waals surface area contributed by atoms with Crippen molar-refractivity contribution < 1.29 is 17.2 Å². The molecule has 1 saturated heterocycles. The topological polar surface area (TPSA) is 65.8 Å². The van der Waals surface area contributed by atoms with Crippen molar-refractivity contribution in [2.75, 3.05) is 26.7 Å². The fourth-order valence-corrected chi connectivity index (χ4v) is 4.52. The third-order valence-electron chi connectivity index (χ3n) is 5.01. The van der Waals surface area contributed by atoms with Crippen LogP contribution in [0.2, 0.25) is 5.02 Å². The summed E-state index contributed by atoms with van der Waals surface area (Å²) in [7, 11) is -2.43. The number of halogens is 2. The van der Waals surface area contributed by atoms with E-state index in [1.807, 2.05) is 6.07 Å². The van der Waals surface area contributed by atoms with Gasteiger partial charge in [-0.15, -0.1) is 0 Å². The minimum atomic E-state index is -3.83. The number of furan rings is 1. The van der Waals surface area contributed by atoms with E-state index in [1.165, 1.54) is 31.7 Å². The maximum absolute atomic E-state index is 14.0. The van der Waals surface area contributed by atoms with E-state index >= 15 is 0 Å². The smallest absolute Gasteiger partial charge is 0.279 e. The van der Waals surface area contributed by atoms with Crippen LogP contribution in [0.1, 0.15) is 36.6 Å². The molecule has 2 aromatic rings. The summed E-state index contributed by atoms with van der Waals surface area (Å²) < 4.78 is 48.7. The molecule has 2 heterocycles. The standard InChI is InChI=1S/C19H25ClFN3O3S/c1-23(14-15-16(20)7-5-8-17(15)21)28(25,26)22-13-18(19-9-6-12-27-19)24-10-3-2-4-11-24/h5-9,12,18,22H,2-4,10-11,13-14H2,1H3. The zero-order chi connectivity index (χ0) is 20.1. The lowest BCUT2D eigenvalue weighted by molar-refractivity contribution is 0.147. The van der Waals surface area contributed by atoms with Gasteiger partial charge >= 0.3 is 0 Å². The zero-order valence-electron chi connectivity index (χ0n) is 15.8. The van der Waals surface area contributed by atoms with Gasteiger partial charge in [-0.25, -0.2) is 9.11 Å². The SMILES string of the molecule is CN(Cc1c(F)cccc1Cl)S(=O)(=O)NCC(c1ccco1)N1CCCCC1. The summed E-state index contributed by atoms with van der Waals surface area (Å²) in [6, 6.07) is 7.76. The lowest BCUT2D eigenvalue weighted by Gasteiger charge is -2.33. The molecule has 1 aliphatic rings. The number of piperidine rings is 1. The van der Waals surface area contributed by atoms with Crippen LogP contribution < -0.4 is 4.72 Å². The molecule has 1 aliphatic heterocycles. The van der Waals surface area contributed by atoms with Gasteiger partial charge in [-0.3, -0.25) is 4.90 Å². The molecular weight excluding hydrogens is 405 g/mol. The monoisotopic (exact) mass is 429 g/mol. The van der Waals surface area contributed by atoms with Gasteiger partial charge in [0, 0.05) is 30.7 Å². The Morgan fingerprint density at radius 2 is 2.00 bits per heavy atom. The van der Waals surface area contributed by atoms with E-state index in [9.17, 15) is 12.8 Å². The van der Waals surface area contributed by atoms with Gasteiger partial charge in [0.2, 0.25) is 0 Å². The maximum atomic E-state index is 14.0. The van der Waals surface area contributed by atoms with Gasteiger partial charge < -0.3 is 4.42 Å². The molecule has 1 atom stereocenters. The number of benzene rings is 1. The van der Waals surface area contributed by atoms with Gasteiger partial charge in [0.25, 0.3) is 10.2 Å². The first kappa shape index (κ1) is 21.3. The predicted octanol–water partition coefficient (Wildman–Crippen LogP) is 3.57. The van der Waals surface area contributed by atoms with Crippen molar-refractivity contribution in [1.29, 1.82) is 0 Å². The molecule has 1 unspecified atom stereocenters. The fourth-order valence-electron chi connectivity index (χ4n) is 3.41. The van der Waals surface area contributed by atoms with Crippen LogP contribution in [0.25, 0.3) is 0 Å². The molecule has 0 aliphatic carbocycles. The Morgan fingerprint density at radius 1 is 1.25 bits per heavy atom. The number of likely N-dealkylation sites (tertiary alicyclic amines) is 1. The largest absolute Gasteiger partial charge is 0.468 e. The summed E-state index contributed by atoms with van der Waals surface area (Å²) in [5.74, 6) is 0.195. The number of nitrogens with one attached hydrogen (secondary N) is 1. The molecule has 28 heavy (non-hydrogen) atoms. The Balaban J connectivity index is 1.69. The first-order valence-corrected chi connectivity index (χ1v) is 11.1. The zero-order valence-corrected chi connectivity index (χ0v) is 17.3. The van der Waals surface area contributed by atoms with Gasteiger partial charge in [0.05, 0.1) is 12.3 Å². The lowest BCUT2D eigenvalue weighted by atomic mass is 10.1. The van der Waals surface area contributed by atoms with E-state index in [0.29, 0.717) is 0 Å². The average molecular weight is 430 g/mol. The highest BCUT2D eigenvalue weighted by Gasteiger charge is 2.28. The second-order valence-electron chi connectivity index (χ2n) is 6.94. The highest BCUT2D eigenvalue weighted by Crippen LogP contribution is 2.25. The molecular formula is C19H25ClFN3O3S. The number of rotatable bonds is 8. The fraction of sp³-hybridized carbons (Fsp3) is 0.474. The molecule has 0 radical (unpaired) electrons. The number of nitrogens with zero attached hydrogens (tertiary/aromatic N) is 2. The Morgan fingerprint density at radius 3 is 2.64 bits per heavy atom. The van der Waals surface area contributed by atoms with E-state index < -0.39 is 16.0 Å². The summed E-state index contributed by atoms with van der Waals surface area (Å²) in [5.41, 5.74) is 0.149. The van der Waals surface area contributed by atoms with Gasteiger partial charge in [-0.05, 0) is 50.2 Å². The highest BCUT2D eigenvalue weighted by molar-refractivity contribution is 7.87. The summed E-state index contributed by atoms with van der Waals surface area (Å²) in [6.07, 6.45) is 4.93. The van der Waals surface area contributed by atoms with Crippen LogP contribution in [-0.2, 0) is 16.8 Å². The van der Waals surface area contributed by atoms with Crippen molar-refractivity contribution in [3.05, 3.63) is 58.8 Å². The number of hydrogen-bond acceptors (Lipinski definition) is 4. The third kappa shape index (κ3) is 5.12. The molecule has 154 valence electrons. The Bertz CT molecular complexity index is 850. The van der Waals surface area contributed by atoms with Crippen LogP contribution in [0.4, 0.5) is 4.39 Å². The Kier molecular flexibility index (Phi) is 7.11. The molecule has 1 N–H and O–H groups in total. The minimum Gasteiger partial charge on any atom is -0.468 e. The molecule has 0 bridgehead atoms. The number of hydrogen-bond donors (Lipinski definition) is 1. The van der Waals surface area contributed by atoms with Gasteiger partial charge in [-0.1, -0.05) is 24.1 Å². The van der Waals surface area contributed by atoms with Crippen molar-refractivity contribution in [1.82, 2.24) is 13.9 Å². The Hall–Kier alpha value is -1.45. The van der Waals surface area contributed by atoms with Crippen LogP contribution in [0, 0.1) is 5.82 Å². The van der Waals surface area contributed by atoms with Crippen LogP contribution in [0.15, 0.2) is 41.0 Å². The molecule has 9 heteroatoms. The summed E-state index contributed by atoms with van der Waals surface area (Å²) >= 11 is 6.02. The predicted molar refractivity (Wildman–Crippen MR) is 107 cm³/mol. The van der Waals surface area contributed by atoms with Gasteiger partial charge in [0.1, 0.15) is 11.6 Å².